The van der Waals surface area contributed by atoms with Crippen molar-refractivity contribution in [2.45, 2.75) is 19.8 Å². The second kappa shape index (κ2) is 7.83. The first kappa shape index (κ1) is 18.5. The third-order valence-electron chi connectivity index (χ3n) is 3.19. The van der Waals surface area contributed by atoms with Crippen molar-refractivity contribution < 1.29 is 9.59 Å². The Morgan fingerprint density at radius 2 is 1.75 bits per heavy atom. The molecule has 0 unspecified atom stereocenters. The van der Waals surface area contributed by atoms with E-state index in [0.29, 0.717) is 5.69 Å². The lowest BCUT2D eigenvalue weighted by molar-refractivity contribution is 0.0967. The van der Waals surface area contributed by atoms with Crippen molar-refractivity contribution in [3.63, 3.8) is 0 Å². The Bertz CT molecular complexity index is 794. The molecule has 1 aromatic carbocycles. The number of amides is 3. The molecule has 0 saturated carbocycles. The highest BCUT2D eigenvalue weighted by Gasteiger charge is 2.18. The van der Waals surface area contributed by atoms with Crippen molar-refractivity contribution in [1.82, 2.24) is 10.3 Å². The number of nitrogens with zero attached hydrogens (tertiary/aromatic N) is 1. The summed E-state index contributed by atoms with van der Waals surface area (Å²) in [6.45, 7) is 4.01. The van der Waals surface area contributed by atoms with Gasteiger partial charge in [0.1, 0.15) is 10.3 Å². The highest BCUT2D eigenvalue weighted by molar-refractivity contribution is 6.42. The first-order valence-electron chi connectivity index (χ1n) is 7.02. The van der Waals surface area contributed by atoms with E-state index < -0.39 is 11.9 Å². The first-order valence-corrected chi connectivity index (χ1v) is 8.15. The zero-order valence-electron chi connectivity index (χ0n) is 12.9. The number of para-hydroxylation sites is 1. The van der Waals surface area contributed by atoms with Crippen LogP contribution in [0.3, 0.4) is 0 Å². The van der Waals surface area contributed by atoms with E-state index in [1.54, 1.807) is 12.1 Å². The summed E-state index contributed by atoms with van der Waals surface area (Å²) in [5.41, 5.74) is 1.53. The largest absolute Gasteiger partial charge is 0.326 e. The number of nitrogens with one attached hydrogen (secondary N) is 2. The molecule has 0 aliphatic carbocycles. The number of carbonyl (C=O) groups excluding carboxylic acids is 2. The Hall–Kier alpha value is -1.82. The monoisotopic (exact) mass is 385 g/mol. The van der Waals surface area contributed by atoms with Crippen LogP contribution in [0.5, 0.6) is 0 Å². The zero-order chi connectivity index (χ0) is 17.9. The van der Waals surface area contributed by atoms with Crippen LogP contribution < -0.4 is 10.6 Å². The Balaban J connectivity index is 2.13. The predicted octanol–water partition coefficient (Wildman–Crippen LogP) is 5.13. The van der Waals surface area contributed by atoms with Gasteiger partial charge in [0.15, 0.2) is 0 Å². The second-order valence-electron chi connectivity index (χ2n) is 5.25. The molecule has 0 aliphatic rings. The predicted molar refractivity (Wildman–Crippen MR) is 96.3 cm³/mol. The maximum atomic E-state index is 12.2. The number of anilines is 1. The molecular formula is C16H14Cl3N3O2. The third-order valence-corrected chi connectivity index (χ3v) is 4.15. The molecule has 2 aromatic rings. The van der Waals surface area contributed by atoms with E-state index in [2.05, 4.69) is 15.6 Å². The number of hydrogen-bond donors (Lipinski definition) is 2. The summed E-state index contributed by atoms with van der Waals surface area (Å²) in [5, 5.41) is 4.73. The molecule has 2 rings (SSSR count). The van der Waals surface area contributed by atoms with Crippen LogP contribution in [-0.4, -0.2) is 16.9 Å². The molecule has 8 heteroatoms. The summed E-state index contributed by atoms with van der Waals surface area (Å²) < 4.78 is 0. The van der Waals surface area contributed by atoms with Gasteiger partial charge in [0, 0.05) is 5.69 Å². The average Bonchev–Trinajstić information content (AvgIpc) is 2.50. The summed E-state index contributed by atoms with van der Waals surface area (Å²) in [6.07, 6.45) is 0. The van der Waals surface area contributed by atoms with E-state index >= 15 is 0 Å². The molecule has 1 heterocycles. The zero-order valence-corrected chi connectivity index (χ0v) is 15.1. The SMILES string of the molecule is CC(C)c1ccccc1NC(=O)NC(=O)c1cc(Cl)c(Cl)nc1Cl. The number of halogens is 3. The van der Waals surface area contributed by atoms with E-state index in [4.69, 9.17) is 34.8 Å². The van der Waals surface area contributed by atoms with Crippen molar-refractivity contribution in [3.8, 4) is 0 Å². The van der Waals surface area contributed by atoms with Gasteiger partial charge < -0.3 is 5.32 Å². The van der Waals surface area contributed by atoms with Crippen molar-refractivity contribution in [1.29, 1.82) is 0 Å². The van der Waals surface area contributed by atoms with Crippen LogP contribution in [0, 0.1) is 0 Å². The molecule has 0 spiro atoms. The van der Waals surface area contributed by atoms with E-state index in [1.165, 1.54) is 6.07 Å². The van der Waals surface area contributed by atoms with Crippen LogP contribution in [0.25, 0.3) is 0 Å². The van der Waals surface area contributed by atoms with Crippen molar-refractivity contribution in [2.75, 3.05) is 5.32 Å². The van der Waals surface area contributed by atoms with Gasteiger partial charge >= 0.3 is 6.03 Å². The van der Waals surface area contributed by atoms with Gasteiger partial charge in [-0.25, -0.2) is 9.78 Å². The van der Waals surface area contributed by atoms with E-state index in [0.717, 1.165) is 5.56 Å². The average molecular weight is 387 g/mol. The maximum absolute atomic E-state index is 12.2. The minimum absolute atomic E-state index is 0.0199. The number of rotatable bonds is 3. The summed E-state index contributed by atoms with van der Waals surface area (Å²) in [4.78, 5) is 27.9. The molecule has 0 radical (unpaired) electrons. The van der Waals surface area contributed by atoms with Crippen molar-refractivity contribution >= 4 is 52.4 Å². The summed E-state index contributed by atoms with van der Waals surface area (Å²) in [6, 6.07) is 7.90. The number of urea groups is 1. The van der Waals surface area contributed by atoms with Crippen LogP contribution >= 0.6 is 34.8 Å². The molecule has 0 atom stereocenters. The van der Waals surface area contributed by atoms with Gasteiger partial charge in [-0.1, -0.05) is 66.8 Å². The van der Waals surface area contributed by atoms with Crippen LogP contribution in [0.15, 0.2) is 30.3 Å². The number of hydrogen-bond acceptors (Lipinski definition) is 3. The van der Waals surface area contributed by atoms with Crippen LogP contribution in [-0.2, 0) is 0 Å². The lowest BCUT2D eigenvalue weighted by Gasteiger charge is -2.14. The Labute approximate surface area is 154 Å². The number of pyridine rings is 1. The summed E-state index contributed by atoms with van der Waals surface area (Å²) in [5.74, 6) is -0.517. The fourth-order valence-corrected chi connectivity index (χ4v) is 2.60. The molecule has 126 valence electrons. The molecule has 0 fully saturated rings. The first-order chi connectivity index (χ1) is 11.3. The maximum Gasteiger partial charge on any atom is 0.326 e. The molecule has 5 nitrogen and oxygen atoms in total. The Morgan fingerprint density at radius 3 is 2.42 bits per heavy atom. The number of imide groups is 1. The Morgan fingerprint density at radius 1 is 1.08 bits per heavy atom. The van der Waals surface area contributed by atoms with Crippen molar-refractivity contribution in [2.24, 2.45) is 0 Å². The van der Waals surface area contributed by atoms with Gasteiger partial charge in [0.05, 0.1) is 10.6 Å². The van der Waals surface area contributed by atoms with E-state index in [1.807, 2.05) is 26.0 Å². The quantitative estimate of drug-likeness (QED) is 0.719. The molecule has 3 amide bonds. The molecule has 0 bridgehead atoms. The van der Waals surface area contributed by atoms with Crippen LogP contribution in [0.2, 0.25) is 15.3 Å². The second-order valence-corrected chi connectivity index (χ2v) is 6.37. The minimum Gasteiger partial charge on any atom is -0.307 e. The number of carbonyl (C=O) groups is 2. The highest BCUT2D eigenvalue weighted by Crippen LogP contribution is 2.26. The molecule has 1 aromatic heterocycles. The van der Waals surface area contributed by atoms with Gasteiger partial charge in [-0.2, -0.15) is 0 Å². The smallest absolute Gasteiger partial charge is 0.307 e. The van der Waals surface area contributed by atoms with Crippen molar-refractivity contribution in [3.05, 3.63) is 56.8 Å². The van der Waals surface area contributed by atoms with E-state index in [9.17, 15) is 9.59 Å². The fraction of sp³-hybridized carbons (Fsp3) is 0.188. The topological polar surface area (TPSA) is 71.1 Å². The van der Waals surface area contributed by atoms with Gasteiger partial charge in [-0.05, 0) is 23.6 Å². The number of aromatic nitrogens is 1. The fourth-order valence-electron chi connectivity index (χ4n) is 2.04. The normalized spacial score (nSPS) is 10.6. The molecule has 0 aliphatic heterocycles. The molecule has 2 N–H and O–H groups in total. The molecular weight excluding hydrogens is 373 g/mol. The van der Waals surface area contributed by atoms with Gasteiger partial charge in [-0.15, -0.1) is 0 Å². The van der Waals surface area contributed by atoms with Crippen LogP contribution in [0.1, 0.15) is 35.7 Å². The van der Waals surface area contributed by atoms with E-state index in [-0.39, 0.29) is 26.8 Å². The van der Waals surface area contributed by atoms with Gasteiger partial charge in [0.2, 0.25) is 0 Å². The Kier molecular flexibility index (Phi) is 6.04. The van der Waals surface area contributed by atoms with Gasteiger partial charge in [0.25, 0.3) is 5.91 Å². The lowest BCUT2D eigenvalue weighted by Crippen LogP contribution is -2.34. The van der Waals surface area contributed by atoms with Crippen LogP contribution in [0.4, 0.5) is 10.5 Å². The summed E-state index contributed by atoms with van der Waals surface area (Å²) >= 11 is 17.4. The lowest BCUT2D eigenvalue weighted by atomic mass is 10.0. The third kappa shape index (κ3) is 4.38. The molecule has 0 saturated heterocycles. The minimum atomic E-state index is -0.731. The number of benzene rings is 1. The summed E-state index contributed by atoms with van der Waals surface area (Å²) in [7, 11) is 0. The highest BCUT2D eigenvalue weighted by atomic mass is 35.5. The standard InChI is InChI=1S/C16H14Cl3N3O2/c1-8(2)9-5-3-4-6-12(9)20-16(24)22-15(23)10-7-11(17)14(19)21-13(10)18/h3-8H,1-2H3,(H2,20,22,23,24). The van der Waals surface area contributed by atoms with Gasteiger partial charge in [-0.3, -0.25) is 10.1 Å². The molecule has 24 heavy (non-hydrogen) atoms.